The fourth-order valence-electron chi connectivity index (χ4n) is 3.71. The Morgan fingerprint density at radius 2 is 1.60 bits per heavy atom. The van der Waals surface area contributed by atoms with Gasteiger partial charge in [0.2, 0.25) is 0 Å². The van der Waals surface area contributed by atoms with Gasteiger partial charge in [-0.1, -0.05) is 17.7 Å². The van der Waals surface area contributed by atoms with Gasteiger partial charge in [-0.05, 0) is 57.6 Å². The second-order valence-electron chi connectivity index (χ2n) is 7.33. The Balaban J connectivity index is 1.85. The van der Waals surface area contributed by atoms with Crippen LogP contribution in [0.25, 0.3) is 0 Å². The molecule has 2 saturated heterocycles. The molecule has 0 spiro atoms. The highest BCUT2D eigenvalue weighted by atomic mass is 32.2. The van der Waals surface area contributed by atoms with Crippen molar-refractivity contribution in [3.05, 3.63) is 29.8 Å². The Hall–Kier alpha value is -1.40. The van der Waals surface area contributed by atoms with Gasteiger partial charge in [-0.3, -0.25) is 0 Å². The molecule has 2 aliphatic rings. The van der Waals surface area contributed by atoms with E-state index in [2.05, 4.69) is 9.30 Å². The minimum atomic E-state index is -3.64. The summed E-state index contributed by atoms with van der Waals surface area (Å²) in [5.74, 6) is 0.761. The first-order chi connectivity index (χ1) is 12.0. The van der Waals surface area contributed by atoms with Crippen molar-refractivity contribution >= 4 is 15.9 Å². The van der Waals surface area contributed by atoms with Gasteiger partial charge in [0.25, 0.3) is 10.0 Å². The molecule has 2 heterocycles. The summed E-state index contributed by atoms with van der Waals surface area (Å²) in [5.41, 5.74) is 1.05. The molecule has 1 aromatic carbocycles. The molecule has 6 heteroatoms. The van der Waals surface area contributed by atoms with E-state index in [1.807, 2.05) is 19.1 Å². The molecule has 0 unspecified atom stereocenters. The van der Waals surface area contributed by atoms with Crippen molar-refractivity contribution in [2.75, 3.05) is 32.7 Å². The first-order valence-electron chi connectivity index (χ1n) is 9.54. The summed E-state index contributed by atoms with van der Waals surface area (Å²) < 4.78 is 29.9. The first-order valence-corrected chi connectivity index (χ1v) is 11.0. The molecule has 0 radical (unpaired) electrons. The third kappa shape index (κ3) is 5.05. The van der Waals surface area contributed by atoms with E-state index in [9.17, 15) is 8.42 Å². The van der Waals surface area contributed by atoms with Gasteiger partial charge in [0, 0.05) is 13.1 Å². The average Bonchev–Trinajstić information content (AvgIpc) is 2.63. The van der Waals surface area contributed by atoms with E-state index >= 15 is 0 Å². The normalized spacial score (nSPS) is 20.7. The van der Waals surface area contributed by atoms with Crippen molar-refractivity contribution in [1.29, 1.82) is 0 Å². The third-order valence-corrected chi connectivity index (χ3v) is 6.55. The van der Waals surface area contributed by atoms with Crippen molar-refractivity contribution < 1.29 is 13.3 Å². The van der Waals surface area contributed by atoms with Crippen LogP contribution in [0.3, 0.4) is 0 Å². The lowest BCUT2D eigenvalue weighted by Crippen LogP contribution is -3.13. The minimum Gasteiger partial charge on any atom is -0.355 e. The Bertz CT molecular complexity index is 686. The molecule has 0 atom stereocenters. The monoisotopic (exact) mass is 364 g/mol. The number of hydrogen-bond acceptors (Lipinski definition) is 2. The third-order valence-electron chi connectivity index (χ3n) is 5.23. The van der Waals surface area contributed by atoms with E-state index in [0.717, 1.165) is 57.0 Å². The average molecular weight is 365 g/mol. The van der Waals surface area contributed by atoms with Crippen LogP contribution in [-0.2, 0) is 10.0 Å². The number of nitrogens with one attached hydrogen (secondary N) is 1. The number of aryl methyl sites for hydroxylation is 1. The predicted octanol–water partition coefficient (Wildman–Crippen LogP) is 1.64. The summed E-state index contributed by atoms with van der Waals surface area (Å²) in [6.07, 6.45) is 7.23. The number of benzene rings is 1. The molecule has 0 bridgehead atoms. The quantitative estimate of drug-likeness (QED) is 0.653. The number of sulfonamides is 1. The maximum absolute atomic E-state index is 12.8. The van der Waals surface area contributed by atoms with Gasteiger partial charge in [-0.2, -0.15) is 8.42 Å². The molecule has 1 N–H and O–H groups in total. The number of piperidine rings is 2. The predicted molar refractivity (Wildman–Crippen MR) is 101 cm³/mol. The Morgan fingerprint density at radius 3 is 2.24 bits per heavy atom. The topological polar surface area (TPSA) is 54.2 Å². The molecule has 2 aliphatic heterocycles. The number of rotatable bonds is 4. The Labute approximate surface area is 151 Å². The zero-order chi connectivity index (χ0) is 17.7. The van der Waals surface area contributed by atoms with Gasteiger partial charge in [0.15, 0.2) is 5.84 Å². The first kappa shape index (κ1) is 18.4. The lowest BCUT2D eigenvalue weighted by molar-refractivity contribution is -0.896. The maximum Gasteiger partial charge on any atom is 0.284 e. The van der Waals surface area contributed by atoms with Crippen LogP contribution in [0, 0.1) is 6.92 Å². The summed E-state index contributed by atoms with van der Waals surface area (Å²) in [4.78, 5) is 3.97. The Morgan fingerprint density at radius 1 is 1.00 bits per heavy atom. The standard InChI is InChI=1S/C19H29N3O2S/c1-17-8-10-18(11-9-17)25(23,24)20-19(22-14-6-3-7-15-22)16-21-12-4-2-5-13-21/h8-11H,2-7,12-16H2,1H3/p+1. The van der Waals surface area contributed by atoms with Crippen LogP contribution in [-0.4, -0.2) is 51.9 Å². The summed E-state index contributed by atoms with van der Waals surface area (Å²) in [6.45, 7) is 6.78. The summed E-state index contributed by atoms with van der Waals surface area (Å²) in [7, 11) is -3.64. The fraction of sp³-hybridized carbons (Fsp3) is 0.632. The number of nitrogens with zero attached hydrogens (tertiary/aromatic N) is 2. The highest BCUT2D eigenvalue weighted by molar-refractivity contribution is 7.90. The van der Waals surface area contributed by atoms with Gasteiger partial charge in [-0.15, -0.1) is 4.40 Å². The van der Waals surface area contributed by atoms with Crippen molar-refractivity contribution in [2.24, 2.45) is 4.40 Å². The second kappa shape index (κ2) is 8.32. The molecule has 2 fully saturated rings. The van der Waals surface area contributed by atoms with Crippen LogP contribution in [0.2, 0.25) is 0 Å². The number of hydrogen-bond donors (Lipinski definition) is 1. The molecular formula is C19H30N3O2S+. The van der Waals surface area contributed by atoms with Crippen molar-refractivity contribution in [1.82, 2.24) is 4.90 Å². The summed E-state index contributed by atoms with van der Waals surface area (Å²) in [5, 5.41) is 0. The number of amidine groups is 1. The Kier molecular flexibility index (Phi) is 6.12. The number of quaternary nitrogens is 1. The van der Waals surface area contributed by atoms with E-state index in [1.165, 1.54) is 30.6 Å². The molecule has 0 aliphatic carbocycles. The lowest BCUT2D eigenvalue weighted by Gasteiger charge is -2.32. The molecule has 25 heavy (non-hydrogen) atoms. The number of likely N-dealkylation sites (tertiary alicyclic amines) is 2. The fourth-order valence-corrected chi connectivity index (χ4v) is 4.75. The summed E-state index contributed by atoms with van der Waals surface area (Å²) >= 11 is 0. The molecule has 138 valence electrons. The molecule has 0 aromatic heterocycles. The van der Waals surface area contributed by atoms with E-state index in [0.29, 0.717) is 4.90 Å². The minimum absolute atomic E-state index is 0.293. The van der Waals surface area contributed by atoms with E-state index in [4.69, 9.17) is 0 Å². The molecule has 5 nitrogen and oxygen atoms in total. The highest BCUT2D eigenvalue weighted by Crippen LogP contribution is 2.16. The van der Waals surface area contributed by atoms with Gasteiger partial charge >= 0.3 is 0 Å². The van der Waals surface area contributed by atoms with Crippen LogP contribution in [0.4, 0.5) is 0 Å². The lowest BCUT2D eigenvalue weighted by atomic mass is 10.1. The maximum atomic E-state index is 12.8. The van der Waals surface area contributed by atoms with E-state index < -0.39 is 10.0 Å². The second-order valence-corrected chi connectivity index (χ2v) is 8.93. The largest absolute Gasteiger partial charge is 0.355 e. The molecule has 1 aromatic rings. The van der Waals surface area contributed by atoms with Gasteiger partial charge < -0.3 is 9.80 Å². The van der Waals surface area contributed by atoms with Crippen molar-refractivity contribution in [3.8, 4) is 0 Å². The van der Waals surface area contributed by atoms with Crippen LogP contribution in [0.5, 0.6) is 0 Å². The van der Waals surface area contributed by atoms with E-state index in [1.54, 1.807) is 12.1 Å². The van der Waals surface area contributed by atoms with Crippen LogP contribution in [0.1, 0.15) is 44.1 Å². The van der Waals surface area contributed by atoms with Gasteiger partial charge in [-0.25, -0.2) is 0 Å². The SMILES string of the molecule is Cc1ccc(S(=O)(=O)N=C(C[NH+]2CCCCC2)N2CCCCC2)cc1. The smallest absolute Gasteiger partial charge is 0.284 e. The van der Waals surface area contributed by atoms with E-state index in [-0.39, 0.29) is 0 Å². The molecule has 3 rings (SSSR count). The highest BCUT2D eigenvalue weighted by Gasteiger charge is 2.25. The van der Waals surface area contributed by atoms with Crippen molar-refractivity contribution in [3.63, 3.8) is 0 Å². The molecule has 0 saturated carbocycles. The molecule has 0 amide bonds. The van der Waals surface area contributed by atoms with Gasteiger partial charge in [0.1, 0.15) is 6.54 Å². The van der Waals surface area contributed by atoms with Gasteiger partial charge in [0.05, 0.1) is 18.0 Å². The van der Waals surface area contributed by atoms with Crippen LogP contribution >= 0.6 is 0 Å². The zero-order valence-electron chi connectivity index (χ0n) is 15.2. The zero-order valence-corrected chi connectivity index (χ0v) is 16.0. The van der Waals surface area contributed by atoms with Crippen molar-refractivity contribution in [2.45, 2.75) is 50.3 Å². The summed E-state index contributed by atoms with van der Waals surface area (Å²) in [6, 6.07) is 6.99. The van der Waals surface area contributed by atoms with Crippen LogP contribution in [0.15, 0.2) is 33.6 Å². The molecular weight excluding hydrogens is 334 g/mol. The van der Waals surface area contributed by atoms with Crippen LogP contribution < -0.4 is 4.90 Å².